The van der Waals surface area contributed by atoms with Gasteiger partial charge in [-0.1, -0.05) is 59.1 Å². The van der Waals surface area contributed by atoms with E-state index in [1.165, 1.54) is 0 Å². The fourth-order valence-electron chi connectivity index (χ4n) is 2.63. The summed E-state index contributed by atoms with van der Waals surface area (Å²) < 4.78 is 3.73. The molecule has 2 aromatic carbocycles. The Balaban J connectivity index is 2.07. The molecule has 114 valence electrons. The summed E-state index contributed by atoms with van der Waals surface area (Å²) in [7, 11) is 1.64. The van der Waals surface area contributed by atoms with Crippen LogP contribution in [0.4, 0.5) is 5.69 Å². The summed E-state index contributed by atoms with van der Waals surface area (Å²) in [6.45, 7) is 0. The number of rotatable bonds is 2. The Labute approximate surface area is 144 Å². The zero-order valence-corrected chi connectivity index (χ0v) is 14.1. The standard InChI is InChI=1S/C17H14Cl3NO/c1-22-14-8-6-13(7-9-14)21-11-10-12-4-2-3-5-15(12)16(21)17(18,19)20/h2-11,16H,1H3/t16-/m1/s1. The highest BCUT2D eigenvalue weighted by molar-refractivity contribution is 6.68. The molecule has 0 fully saturated rings. The molecule has 1 aliphatic rings. The molecule has 0 saturated heterocycles. The van der Waals surface area contributed by atoms with Crippen LogP contribution in [0.2, 0.25) is 0 Å². The smallest absolute Gasteiger partial charge is 0.215 e. The first-order valence-electron chi connectivity index (χ1n) is 6.77. The fraction of sp³-hybridized carbons (Fsp3) is 0.176. The highest BCUT2D eigenvalue weighted by atomic mass is 35.6. The lowest BCUT2D eigenvalue weighted by molar-refractivity contribution is 0.415. The first-order chi connectivity index (χ1) is 10.5. The summed E-state index contributed by atoms with van der Waals surface area (Å²) in [5.74, 6) is 0.788. The van der Waals surface area contributed by atoms with Crippen LogP contribution in [0.3, 0.4) is 0 Å². The molecule has 0 radical (unpaired) electrons. The Bertz CT molecular complexity index is 692. The number of anilines is 1. The van der Waals surface area contributed by atoms with Gasteiger partial charge in [-0.05, 0) is 41.5 Å². The number of hydrogen-bond donors (Lipinski definition) is 0. The van der Waals surface area contributed by atoms with Gasteiger partial charge in [0, 0.05) is 11.9 Å². The first-order valence-corrected chi connectivity index (χ1v) is 7.90. The monoisotopic (exact) mass is 353 g/mol. The summed E-state index contributed by atoms with van der Waals surface area (Å²) in [6, 6.07) is 15.2. The largest absolute Gasteiger partial charge is 0.497 e. The van der Waals surface area contributed by atoms with E-state index in [0.717, 1.165) is 22.6 Å². The van der Waals surface area contributed by atoms with E-state index in [-0.39, 0.29) is 0 Å². The van der Waals surface area contributed by atoms with Crippen molar-refractivity contribution in [3.63, 3.8) is 0 Å². The maximum absolute atomic E-state index is 6.27. The lowest BCUT2D eigenvalue weighted by Crippen LogP contribution is -2.35. The fourth-order valence-corrected chi connectivity index (χ4v) is 3.30. The Morgan fingerprint density at radius 3 is 2.32 bits per heavy atom. The number of fused-ring (bicyclic) bond motifs is 1. The lowest BCUT2D eigenvalue weighted by atomic mass is 9.96. The average molecular weight is 355 g/mol. The number of benzene rings is 2. The minimum atomic E-state index is -1.46. The Morgan fingerprint density at radius 1 is 1.00 bits per heavy atom. The number of ether oxygens (including phenoxy) is 1. The number of nitrogens with zero attached hydrogens (tertiary/aromatic N) is 1. The van der Waals surface area contributed by atoms with Gasteiger partial charge in [-0.3, -0.25) is 0 Å². The van der Waals surface area contributed by atoms with Crippen molar-refractivity contribution in [2.75, 3.05) is 12.0 Å². The zero-order valence-electron chi connectivity index (χ0n) is 11.8. The molecule has 1 aliphatic heterocycles. The number of hydrogen-bond acceptors (Lipinski definition) is 2. The highest BCUT2D eigenvalue weighted by Gasteiger charge is 2.40. The molecule has 2 nitrogen and oxygen atoms in total. The van der Waals surface area contributed by atoms with Gasteiger partial charge in [0.05, 0.1) is 7.11 Å². The molecule has 0 amide bonds. The van der Waals surface area contributed by atoms with Crippen LogP contribution in [-0.4, -0.2) is 10.9 Å². The molecule has 0 bridgehead atoms. The van der Waals surface area contributed by atoms with E-state index in [9.17, 15) is 0 Å². The topological polar surface area (TPSA) is 12.5 Å². The molecule has 22 heavy (non-hydrogen) atoms. The Kier molecular flexibility index (Phi) is 4.26. The molecular formula is C17H14Cl3NO. The molecule has 2 aromatic rings. The van der Waals surface area contributed by atoms with Gasteiger partial charge < -0.3 is 9.64 Å². The summed E-state index contributed by atoms with van der Waals surface area (Å²) in [5.41, 5.74) is 2.98. The van der Waals surface area contributed by atoms with Gasteiger partial charge in [0.2, 0.25) is 3.79 Å². The molecular weight excluding hydrogens is 341 g/mol. The second-order valence-electron chi connectivity index (χ2n) is 4.99. The van der Waals surface area contributed by atoms with Gasteiger partial charge in [-0.15, -0.1) is 0 Å². The molecule has 3 rings (SSSR count). The number of alkyl halides is 3. The van der Waals surface area contributed by atoms with Crippen molar-refractivity contribution >= 4 is 46.6 Å². The normalized spacial score (nSPS) is 17.3. The molecule has 0 aromatic heterocycles. The summed E-state index contributed by atoms with van der Waals surface area (Å²) in [5, 5.41) is 0. The SMILES string of the molecule is COc1ccc(N2C=Cc3ccccc3[C@@H]2C(Cl)(Cl)Cl)cc1. The minimum Gasteiger partial charge on any atom is -0.497 e. The van der Waals surface area contributed by atoms with Crippen LogP contribution in [0, 0.1) is 0 Å². The molecule has 0 saturated carbocycles. The third-order valence-electron chi connectivity index (χ3n) is 3.66. The molecule has 1 atom stereocenters. The van der Waals surface area contributed by atoms with E-state index in [4.69, 9.17) is 39.5 Å². The number of halogens is 3. The molecule has 0 unspecified atom stereocenters. The van der Waals surface area contributed by atoms with Crippen LogP contribution in [0.25, 0.3) is 6.08 Å². The number of methoxy groups -OCH3 is 1. The third-order valence-corrected chi connectivity index (χ3v) is 4.28. The van der Waals surface area contributed by atoms with Gasteiger partial charge in [-0.2, -0.15) is 0 Å². The van der Waals surface area contributed by atoms with Crippen molar-refractivity contribution in [1.29, 1.82) is 0 Å². The Hall–Kier alpha value is -1.35. The Morgan fingerprint density at radius 2 is 1.68 bits per heavy atom. The van der Waals surface area contributed by atoms with Gasteiger partial charge in [0.25, 0.3) is 0 Å². The van der Waals surface area contributed by atoms with Crippen LogP contribution < -0.4 is 9.64 Å². The summed E-state index contributed by atoms with van der Waals surface area (Å²) in [4.78, 5) is 1.97. The quantitative estimate of drug-likeness (QED) is 0.651. The third kappa shape index (κ3) is 2.91. The van der Waals surface area contributed by atoms with Gasteiger partial charge in [-0.25, -0.2) is 0 Å². The van der Waals surface area contributed by atoms with E-state index in [1.807, 2.05) is 65.7 Å². The van der Waals surface area contributed by atoms with Crippen LogP contribution in [-0.2, 0) is 0 Å². The van der Waals surface area contributed by atoms with E-state index in [1.54, 1.807) is 7.11 Å². The second-order valence-corrected chi connectivity index (χ2v) is 7.36. The molecule has 1 heterocycles. The maximum Gasteiger partial charge on any atom is 0.215 e. The summed E-state index contributed by atoms with van der Waals surface area (Å²) in [6.07, 6.45) is 3.96. The predicted molar refractivity (Wildman–Crippen MR) is 94.0 cm³/mol. The van der Waals surface area contributed by atoms with Crippen molar-refractivity contribution < 1.29 is 4.74 Å². The van der Waals surface area contributed by atoms with Gasteiger partial charge in [0.1, 0.15) is 11.8 Å². The minimum absolute atomic E-state index is 0.396. The van der Waals surface area contributed by atoms with E-state index >= 15 is 0 Å². The van der Waals surface area contributed by atoms with Crippen molar-refractivity contribution in [1.82, 2.24) is 0 Å². The van der Waals surface area contributed by atoms with Crippen molar-refractivity contribution in [3.8, 4) is 5.75 Å². The van der Waals surface area contributed by atoms with Crippen LogP contribution in [0.15, 0.2) is 54.7 Å². The van der Waals surface area contributed by atoms with E-state index in [0.29, 0.717) is 0 Å². The van der Waals surface area contributed by atoms with E-state index < -0.39 is 9.83 Å². The van der Waals surface area contributed by atoms with E-state index in [2.05, 4.69) is 0 Å². The highest BCUT2D eigenvalue weighted by Crippen LogP contribution is 2.48. The van der Waals surface area contributed by atoms with Crippen molar-refractivity contribution in [3.05, 3.63) is 65.9 Å². The van der Waals surface area contributed by atoms with Crippen molar-refractivity contribution in [2.45, 2.75) is 9.83 Å². The molecule has 0 spiro atoms. The molecule has 0 N–H and O–H groups in total. The lowest BCUT2D eigenvalue weighted by Gasteiger charge is -2.38. The van der Waals surface area contributed by atoms with Crippen LogP contribution in [0.5, 0.6) is 5.75 Å². The maximum atomic E-state index is 6.27. The average Bonchev–Trinajstić information content (AvgIpc) is 2.53. The predicted octanol–water partition coefficient (Wildman–Crippen LogP) is 5.60. The van der Waals surface area contributed by atoms with Gasteiger partial charge >= 0.3 is 0 Å². The van der Waals surface area contributed by atoms with Gasteiger partial charge in [0.15, 0.2) is 0 Å². The van der Waals surface area contributed by atoms with Crippen LogP contribution in [0.1, 0.15) is 17.2 Å². The summed E-state index contributed by atoms with van der Waals surface area (Å²) >= 11 is 18.8. The van der Waals surface area contributed by atoms with Crippen molar-refractivity contribution in [2.24, 2.45) is 0 Å². The second kappa shape index (κ2) is 6.04. The molecule has 5 heteroatoms. The molecule has 0 aliphatic carbocycles. The first kappa shape index (κ1) is 15.5. The van der Waals surface area contributed by atoms with Crippen LogP contribution >= 0.6 is 34.8 Å². The zero-order chi connectivity index (χ0) is 15.7.